The lowest BCUT2D eigenvalue weighted by atomic mass is 10.2. The zero-order valence-corrected chi connectivity index (χ0v) is 9.01. The van der Waals surface area contributed by atoms with E-state index in [0.29, 0.717) is 0 Å². The maximum atomic E-state index is 11.2. The molecule has 1 aliphatic rings. The van der Waals surface area contributed by atoms with Gasteiger partial charge in [-0.2, -0.15) is 0 Å². The SMILES string of the molecule is CS(=O)(=O)CC(=O)NC1CCCC1N. The van der Waals surface area contributed by atoms with Gasteiger partial charge in [0.25, 0.3) is 0 Å². The summed E-state index contributed by atoms with van der Waals surface area (Å²) in [7, 11) is -3.24. The second-order valence-corrected chi connectivity index (χ2v) is 5.98. The van der Waals surface area contributed by atoms with Gasteiger partial charge in [-0.1, -0.05) is 0 Å². The largest absolute Gasteiger partial charge is 0.351 e. The number of carbonyl (C=O) groups is 1. The second kappa shape index (κ2) is 4.27. The van der Waals surface area contributed by atoms with Crippen LogP contribution in [-0.4, -0.2) is 38.4 Å². The fourth-order valence-electron chi connectivity index (χ4n) is 1.65. The van der Waals surface area contributed by atoms with Crippen molar-refractivity contribution < 1.29 is 13.2 Å². The van der Waals surface area contributed by atoms with E-state index in [9.17, 15) is 13.2 Å². The molecule has 0 bridgehead atoms. The summed E-state index contributed by atoms with van der Waals surface area (Å²) >= 11 is 0. The van der Waals surface area contributed by atoms with Crippen molar-refractivity contribution in [2.75, 3.05) is 12.0 Å². The first kappa shape index (κ1) is 11.5. The molecule has 0 aromatic carbocycles. The molecule has 82 valence electrons. The number of hydrogen-bond donors (Lipinski definition) is 2. The third-order valence-electron chi connectivity index (χ3n) is 2.31. The summed E-state index contributed by atoms with van der Waals surface area (Å²) in [6.07, 6.45) is 3.77. The van der Waals surface area contributed by atoms with Crippen molar-refractivity contribution in [3.05, 3.63) is 0 Å². The molecule has 0 saturated heterocycles. The van der Waals surface area contributed by atoms with Crippen LogP contribution in [0.1, 0.15) is 19.3 Å². The van der Waals surface area contributed by atoms with Crippen LogP contribution in [0, 0.1) is 0 Å². The number of hydrogen-bond acceptors (Lipinski definition) is 4. The monoisotopic (exact) mass is 220 g/mol. The van der Waals surface area contributed by atoms with Crippen LogP contribution in [0.2, 0.25) is 0 Å². The quantitative estimate of drug-likeness (QED) is 0.640. The lowest BCUT2D eigenvalue weighted by Crippen LogP contribution is -2.45. The topological polar surface area (TPSA) is 89.3 Å². The normalized spacial score (nSPS) is 27.6. The molecule has 0 spiro atoms. The minimum Gasteiger partial charge on any atom is -0.351 e. The molecule has 1 rings (SSSR count). The summed E-state index contributed by atoms with van der Waals surface area (Å²) in [5.41, 5.74) is 5.73. The van der Waals surface area contributed by atoms with Crippen molar-refractivity contribution in [3.63, 3.8) is 0 Å². The second-order valence-electron chi connectivity index (χ2n) is 3.84. The fraction of sp³-hybridized carbons (Fsp3) is 0.875. The minimum absolute atomic E-state index is 0.0292. The molecule has 1 amide bonds. The van der Waals surface area contributed by atoms with E-state index < -0.39 is 21.5 Å². The lowest BCUT2D eigenvalue weighted by molar-refractivity contribution is -0.119. The van der Waals surface area contributed by atoms with Gasteiger partial charge in [-0.3, -0.25) is 4.79 Å². The van der Waals surface area contributed by atoms with Crippen molar-refractivity contribution in [2.24, 2.45) is 5.73 Å². The Morgan fingerprint density at radius 2 is 2.14 bits per heavy atom. The van der Waals surface area contributed by atoms with Crippen LogP contribution in [0.15, 0.2) is 0 Å². The number of carbonyl (C=O) groups excluding carboxylic acids is 1. The average Bonchev–Trinajstić information content (AvgIpc) is 2.32. The standard InChI is InChI=1S/C8H16N2O3S/c1-14(12,13)5-8(11)10-7-4-2-3-6(7)9/h6-7H,2-5,9H2,1H3,(H,10,11). The highest BCUT2D eigenvalue weighted by molar-refractivity contribution is 7.91. The maximum absolute atomic E-state index is 11.2. The van der Waals surface area contributed by atoms with Crippen molar-refractivity contribution >= 4 is 15.7 Å². The molecule has 0 radical (unpaired) electrons. The predicted molar refractivity (Wildman–Crippen MR) is 53.5 cm³/mol. The molecule has 5 nitrogen and oxygen atoms in total. The van der Waals surface area contributed by atoms with Gasteiger partial charge >= 0.3 is 0 Å². The van der Waals surface area contributed by atoms with Gasteiger partial charge in [0.1, 0.15) is 5.75 Å². The Bertz CT molecular complexity index is 313. The molecule has 0 aromatic heterocycles. The van der Waals surface area contributed by atoms with E-state index in [-0.39, 0.29) is 12.1 Å². The summed E-state index contributed by atoms with van der Waals surface area (Å²) in [4.78, 5) is 11.2. The zero-order valence-electron chi connectivity index (χ0n) is 8.19. The fourth-order valence-corrected chi connectivity index (χ4v) is 2.21. The highest BCUT2D eigenvalue weighted by atomic mass is 32.2. The van der Waals surface area contributed by atoms with Gasteiger partial charge in [0, 0.05) is 18.3 Å². The van der Waals surface area contributed by atoms with Crippen LogP contribution in [0.5, 0.6) is 0 Å². The van der Waals surface area contributed by atoms with E-state index >= 15 is 0 Å². The summed E-state index contributed by atoms with van der Waals surface area (Å²) < 4.78 is 21.6. The molecule has 1 fully saturated rings. The van der Waals surface area contributed by atoms with Crippen LogP contribution in [0.4, 0.5) is 0 Å². The van der Waals surface area contributed by atoms with Gasteiger partial charge in [0.2, 0.25) is 5.91 Å². The third-order valence-corrected chi connectivity index (χ3v) is 3.10. The number of amides is 1. The average molecular weight is 220 g/mol. The molecule has 0 aliphatic heterocycles. The molecular formula is C8H16N2O3S. The first-order valence-corrected chi connectivity index (χ1v) is 6.67. The molecule has 0 heterocycles. The summed E-state index contributed by atoms with van der Waals surface area (Å²) in [6.45, 7) is 0. The smallest absolute Gasteiger partial charge is 0.235 e. The van der Waals surface area contributed by atoms with Crippen molar-refractivity contribution in [3.8, 4) is 0 Å². The van der Waals surface area contributed by atoms with Gasteiger partial charge in [-0.25, -0.2) is 8.42 Å². The van der Waals surface area contributed by atoms with Crippen LogP contribution in [-0.2, 0) is 14.6 Å². The zero-order chi connectivity index (χ0) is 10.8. The van der Waals surface area contributed by atoms with Crippen LogP contribution < -0.4 is 11.1 Å². The van der Waals surface area contributed by atoms with Gasteiger partial charge in [0.15, 0.2) is 9.84 Å². The Morgan fingerprint density at radius 3 is 2.57 bits per heavy atom. The van der Waals surface area contributed by atoms with Gasteiger partial charge in [-0.15, -0.1) is 0 Å². The Kier molecular flexibility index (Phi) is 3.49. The van der Waals surface area contributed by atoms with Crippen molar-refractivity contribution in [2.45, 2.75) is 31.3 Å². The summed E-state index contributed by atoms with van der Waals surface area (Å²) in [5.74, 6) is -0.897. The minimum atomic E-state index is -3.24. The highest BCUT2D eigenvalue weighted by Crippen LogP contribution is 2.16. The summed E-state index contributed by atoms with van der Waals surface area (Å²) in [6, 6.07) is -0.0808. The first-order valence-electron chi connectivity index (χ1n) is 4.61. The third kappa shape index (κ3) is 3.63. The molecule has 6 heteroatoms. The first-order chi connectivity index (χ1) is 6.38. The highest BCUT2D eigenvalue weighted by Gasteiger charge is 2.25. The van der Waals surface area contributed by atoms with E-state index in [2.05, 4.69) is 5.32 Å². The molecule has 14 heavy (non-hydrogen) atoms. The number of rotatable bonds is 3. The maximum Gasteiger partial charge on any atom is 0.235 e. The summed E-state index contributed by atoms with van der Waals surface area (Å²) in [5, 5.41) is 2.64. The predicted octanol–water partition coefficient (Wildman–Crippen LogP) is -0.973. The Hall–Kier alpha value is -0.620. The number of nitrogens with two attached hydrogens (primary N) is 1. The number of sulfone groups is 1. The Balaban J connectivity index is 2.41. The Morgan fingerprint density at radius 1 is 1.50 bits per heavy atom. The molecule has 2 atom stereocenters. The molecule has 3 N–H and O–H groups in total. The van der Waals surface area contributed by atoms with E-state index in [1.54, 1.807) is 0 Å². The molecule has 2 unspecified atom stereocenters. The van der Waals surface area contributed by atoms with Gasteiger partial charge in [0.05, 0.1) is 0 Å². The molecule has 1 saturated carbocycles. The lowest BCUT2D eigenvalue weighted by Gasteiger charge is -2.16. The molecule has 1 aliphatic carbocycles. The van der Waals surface area contributed by atoms with Crippen molar-refractivity contribution in [1.82, 2.24) is 5.32 Å². The Labute approximate surface area is 84.0 Å². The van der Waals surface area contributed by atoms with Crippen LogP contribution in [0.3, 0.4) is 0 Å². The van der Waals surface area contributed by atoms with Crippen LogP contribution in [0.25, 0.3) is 0 Å². The van der Waals surface area contributed by atoms with Gasteiger partial charge in [-0.05, 0) is 19.3 Å². The van der Waals surface area contributed by atoms with E-state index in [0.717, 1.165) is 25.5 Å². The molecular weight excluding hydrogens is 204 g/mol. The van der Waals surface area contributed by atoms with Crippen molar-refractivity contribution in [1.29, 1.82) is 0 Å². The van der Waals surface area contributed by atoms with E-state index in [4.69, 9.17) is 5.73 Å². The van der Waals surface area contributed by atoms with E-state index in [1.807, 2.05) is 0 Å². The van der Waals surface area contributed by atoms with Crippen LogP contribution >= 0.6 is 0 Å². The van der Waals surface area contributed by atoms with E-state index in [1.165, 1.54) is 0 Å². The number of nitrogens with one attached hydrogen (secondary N) is 1. The van der Waals surface area contributed by atoms with Gasteiger partial charge < -0.3 is 11.1 Å². The molecule has 0 aromatic rings.